The molecule has 0 aliphatic rings. The number of hydrogen-bond donors (Lipinski definition) is 2. The molecule has 0 unspecified atom stereocenters. The van der Waals surface area contributed by atoms with Crippen LogP contribution < -0.4 is 0 Å². The third-order valence-corrected chi connectivity index (χ3v) is 0.621. The molecule has 0 heterocycles. The van der Waals surface area contributed by atoms with E-state index in [0.717, 1.165) is 0 Å². The summed E-state index contributed by atoms with van der Waals surface area (Å²) >= 11 is 0. The van der Waals surface area contributed by atoms with Crippen molar-refractivity contribution in [2.45, 2.75) is 53.2 Å². The minimum atomic E-state index is -0.475. The number of ketones is 1. The van der Waals surface area contributed by atoms with Crippen LogP contribution in [-0.4, -0.2) is 41.3 Å². The molecule has 2 N–H and O–H groups in total. The summed E-state index contributed by atoms with van der Waals surface area (Å²) in [6.07, 6.45) is -0.448. The number of ether oxygens (including phenoxy) is 1. The Morgan fingerprint density at radius 2 is 1.29 bits per heavy atom. The molecule has 17 heavy (non-hydrogen) atoms. The van der Waals surface area contributed by atoms with Crippen LogP contribution in [0.25, 0.3) is 0 Å². The number of carbonyl (C=O) groups excluding carboxylic acids is 2. The van der Waals surface area contributed by atoms with E-state index in [1.54, 1.807) is 27.7 Å². The van der Waals surface area contributed by atoms with Gasteiger partial charge in [-0.05, 0) is 34.6 Å². The second kappa shape index (κ2) is 17.9. The van der Waals surface area contributed by atoms with Gasteiger partial charge in [-0.2, -0.15) is 0 Å². The zero-order valence-electron chi connectivity index (χ0n) is 11.3. The summed E-state index contributed by atoms with van der Waals surface area (Å²) in [6.45, 7) is 8.23. The van der Waals surface area contributed by atoms with Gasteiger partial charge in [-0.3, -0.25) is 9.59 Å². The number of rotatable bonds is 2. The number of esters is 1. The normalized spacial score (nSPS) is 8.12. The Kier molecular flexibility index (Phi) is 26.8. The fraction of sp³-hybridized carbons (Fsp3) is 0.818. The summed E-state index contributed by atoms with van der Waals surface area (Å²) < 4.78 is 4.20. The van der Waals surface area contributed by atoms with Gasteiger partial charge in [0.25, 0.3) is 0 Å². The average molecular weight is 295 g/mol. The van der Waals surface area contributed by atoms with Crippen molar-refractivity contribution >= 4 is 11.8 Å². The van der Waals surface area contributed by atoms with Gasteiger partial charge in [0.1, 0.15) is 12.2 Å². The largest absolute Gasteiger partial charge is 0.469 e. The van der Waals surface area contributed by atoms with Crippen LogP contribution in [0, 0.1) is 0 Å². The van der Waals surface area contributed by atoms with Crippen molar-refractivity contribution in [1.82, 2.24) is 0 Å². The van der Waals surface area contributed by atoms with E-state index in [4.69, 9.17) is 10.2 Å². The Hall–Kier alpha value is -0.434. The number of aliphatic hydroxyl groups excluding tert-OH is 2. The topological polar surface area (TPSA) is 83.8 Å². The SMILES string of the molecule is CC(C)O.CC(C)O.COC(=O)CC(C)=O.[Co]. The van der Waals surface area contributed by atoms with E-state index in [0.29, 0.717) is 0 Å². The smallest absolute Gasteiger partial charge is 0.313 e. The standard InChI is InChI=1S/C5H8O3.2C3H8O.Co/c1-4(6)3-5(7)8-2;2*1-3(2)4;/h3H2,1-2H3;2*3-4H,1-2H3;. The van der Waals surface area contributed by atoms with Crippen molar-refractivity contribution in [3.63, 3.8) is 0 Å². The maximum Gasteiger partial charge on any atom is 0.313 e. The first-order valence-corrected chi connectivity index (χ1v) is 5.05. The molecule has 0 aromatic heterocycles. The Bertz CT molecular complexity index is 169. The molecule has 0 fully saturated rings. The van der Waals surface area contributed by atoms with E-state index in [2.05, 4.69) is 4.74 Å². The van der Waals surface area contributed by atoms with E-state index in [9.17, 15) is 9.59 Å². The molecule has 0 amide bonds. The van der Waals surface area contributed by atoms with Crippen LogP contribution in [0.1, 0.15) is 41.0 Å². The molecule has 0 saturated heterocycles. The Balaban J connectivity index is -0.0000000806. The number of methoxy groups -OCH3 is 1. The molecule has 0 aliphatic carbocycles. The molecule has 5 nitrogen and oxygen atoms in total. The minimum Gasteiger partial charge on any atom is -0.469 e. The van der Waals surface area contributed by atoms with E-state index in [-0.39, 0.29) is 41.2 Å². The van der Waals surface area contributed by atoms with Crippen LogP contribution in [-0.2, 0) is 31.1 Å². The van der Waals surface area contributed by atoms with Gasteiger partial charge < -0.3 is 14.9 Å². The van der Waals surface area contributed by atoms with E-state index in [1.165, 1.54) is 14.0 Å². The van der Waals surface area contributed by atoms with Crippen LogP contribution in [0.5, 0.6) is 0 Å². The van der Waals surface area contributed by atoms with Gasteiger partial charge in [0.05, 0.1) is 7.11 Å². The number of hydrogen-bond acceptors (Lipinski definition) is 5. The summed E-state index contributed by atoms with van der Waals surface area (Å²) in [6, 6.07) is 0. The molecule has 6 heteroatoms. The first kappa shape index (κ1) is 25.4. The monoisotopic (exact) mass is 295 g/mol. The van der Waals surface area contributed by atoms with Crippen molar-refractivity contribution in [2.75, 3.05) is 7.11 Å². The summed E-state index contributed by atoms with van der Waals surface area (Å²) in [7, 11) is 1.26. The Morgan fingerprint density at radius 1 is 1.06 bits per heavy atom. The second-order valence-electron chi connectivity index (χ2n) is 3.64. The zero-order valence-corrected chi connectivity index (χ0v) is 12.4. The molecule has 0 bridgehead atoms. The first-order valence-electron chi connectivity index (χ1n) is 5.05. The van der Waals surface area contributed by atoms with Crippen molar-refractivity contribution in [2.24, 2.45) is 0 Å². The molecule has 0 aromatic carbocycles. The van der Waals surface area contributed by atoms with Crippen molar-refractivity contribution in [3.8, 4) is 0 Å². The van der Waals surface area contributed by atoms with E-state index in [1.807, 2.05) is 0 Å². The predicted molar refractivity (Wildman–Crippen MR) is 62.0 cm³/mol. The van der Waals surface area contributed by atoms with Crippen molar-refractivity contribution in [1.29, 1.82) is 0 Å². The van der Waals surface area contributed by atoms with Crippen molar-refractivity contribution in [3.05, 3.63) is 0 Å². The summed E-state index contributed by atoms with van der Waals surface area (Å²) in [5.74, 6) is -0.644. The average Bonchev–Trinajstić information content (AvgIpc) is 2.00. The minimum absolute atomic E-state index is 0. The molecule has 1 radical (unpaired) electrons. The molecule has 107 valence electrons. The molecule has 0 atom stereocenters. The van der Waals surface area contributed by atoms with Crippen LogP contribution >= 0.6 is 0 Å². The van der Waals surface area contributed by atoms with E-state index < -0.39 is 5.97 Å². The quantitative estimate of drug-likeness (QED) is 0.584. The van der Waals surface area contributed by atoms with Gasteiger partial charge in [0.2, 0.25) is 0 Å². The molecular weight excluding hydrogens is 271 g/mol. The molecule has 0 spiro atoms. The predicted octanol–water partition coefficient (Wildman–Crippen LogP) is 0.910. The maximum atomic E-state index is 10.2. The van der Waals surface area contributed by atoms with Gasteiger partial charge in [0.15, 0.2) is 0 Å². The third kappa shape index (κ3) is 92.5. The van der Waals surface area contributed by atoms with Crippen LogP contribution in [0.15, 0.2) is 0 Å². The van der Waals surface area contributed by atoms with Gasteiger partial charge in [-0.15, -0.1) is 0 Å². The first-order chi connectivity index (χ1) is 7.13. The van der Waals surface area contributed by atoms with Crippen LogP contribution in [0.3, 0.4) is 0 Å². The zero-order chi connectivity index (χ0) is 13.7. The Morgan fingerprint density at radius 3 is 1.35 bits per heavy atom. The third-order valence-electron chi connectivity index (χ3n) is 0.621. The van der Waals surface area contributed by atoms with Crippen LogP contribution in [0.2, 0.25) is 0 Å². The van der Waals surface area contributed by atoms with Crippen molar-refractivity contribution < 1.29 is 41.3 Å². The number of Topliss-reactive ketones (excluding diaryl/α,β-unsaturated/α-hetero) is 1. The summed E-state index contributed by atoms with van der Waals surface area (Å²) in [5.41, 5.74) is 0. The van der Waals surface area contributed by atoms with Gasteiger partial charge in [-0.1, -0.05) is 0 Å². The molecule has 0 aliphatic heterocycles. The van der Waals surface area contributed by atoms with Gasteiger partial charge in [-0.25, -0.2) is 0 Å². The molecule has 0 aromatic rings. The number of aliphatic hydroxyl groups is 2. The van der Waals surface area contributed by atoms with E-state index >= 15 is 0 Å². The van der Waals surface area contributed by atoms with Gasteiger partial charge in [0, 0.05) is 29.0 Å². The Labute approximate surface area is 114 Å². The molecule has 0 saturated carbocycles. The fourth-order valence-electron chi connectivity index (χ4n) is 0.275. The fourth-order valence-corrected chi connectivity index (χ4v) is 0.275. The summed E-state index contributed by atoms with van der Waals surface area (Å²) in [4.78, 5) is 20.3. The molecular formula is C11H24CoO5. The van der Waals surface area contributed by atoms with Gasteiger partial charge >= 0.3 is 5.97 Å². The molecule has 0 rings (SSSR count). The van der Waals surface area contributed by atoms with Crippen LogP contribution in [0.4, 0.5) is 0 Å². The number of carbonyl (C=O) groups is 2. The second-order valence-corrected chi connectivity index (χ2v) is 3.64. The maximum absolute atomic E-state index is 10.2. The summed E-state index contributed by atoms with van der Waals surface area (Å²) in [5, 5.41) is 16.1.